The second-order valence-electron chi connectivity index (χ2n) is 3.69. The van der Waals surface area contributed by atoms with E-state index >= 15 is 0 Å². The third-order valence-electron chi connectivity index (χ3n) is 2.09. The first kappa shape index (κ1) is 15.0. The fourth-order valence-corrected chi connectivity index (χ4v) is 2.18. The van der Waals surface area contributed by atoms with Crippen LogP contribution in [-0.2, 0) is 23.9 Å². The fraction of sp³-hybridized carbons (Fsp3) is 0.273. The van der Waals surface area contributed by atoms with Gasteiger partial charge in [-0.3, -0.25) is 9.59 Å². The second-order valence-corrected chi connectivity index (χ2v) is 5.24. The van der Waals surface area contributed by atoms with Gasteiger partial charge in [0.05, 0.1) is 12.8 Å². The van der Waals surface area contributed by atoms with Crippen LogP contribution in [0.25, 0.3) is 0 Å². The lowest BCUT2D eigenvalue weighted by Gasteiger charge is -2.08. The first-order valence-corrected chi connectivity index (χ1v) is 6.57. The maximum absolute atomic E-state index is 11.7. The Morgan fingerprint density at radius 2 is 1.95 bits per heavy atom. The van der Waals surface area contributed by atoms with Crippen LogP contribution in [0.15, 0.2) is 23.1 Å². The Labute approximate surface area is 110 Å². The molecule has 19 heavy (non-hydrogen) atoms. The molecule has 0 spiro atoms. The summed E-state index contributed by atoms with van der Waals surface area (Å²) in [5.74, 6) is -1.33. The van der Waals surface area contributed by atoms with Gasteiger partial charge in [0.25, 0.3) is 0 Å². The molecule has 0 saturated heterocycles. The molecule has 0 aliphatic carbocycles. The lowest BCUT2D eigenvalue weighted by Crippen LogP contribution is -2.15. The van der Waals surface area contributed by atoms with E-state index in [4.69, 9.17) is 10.5 Å². The molecule has 0 aliphatic rings. The highest BCUT2D eigenvalue weighted by Crippen LogP contribution is 2.25. The lowest BCUT2D eigenvalue weighted by molar-refractivity contribution is -0.136. The Bertz CT molecular complexity index is 608. The second kappa shape index (κ2) is 5.70. The SMILES string of the molecule is COc1ccc(S(=O)(=O)OC(=O)CC(C)=O)cc1N. The molecule has 0 bridgehead atoms. The zero-order chi connectivity index (χ0) is 14.6. The number of hydrogen-bond donors (Lipinski definition) is 1. The molecule has 1 aromatic rings. The Balaban J connectivity index is 2.98. The van der Waals surface area contributed by atoms with Gasteiger partial charge in [0.15, 0.2) is 0 Å². The molecule has 8 heteroatoms. The van der Waals surface area contributed by atoms with Gasteiger partial charge in [-0.1, -0.05) is 0 Å². The maximum Gasteiger partial charge on any atom is 0.341 e. The highest BCUT2D eigenvalue weighted by atomic mass is 32.2. The molecule has 0 radical (unpaired) electrons. The van der Waals surface area contributed by atoms with Gasteiger partial charge in [0.2, 0.25) is 0 Å². The van der Waals surface area contributed by atoms with Crippen LogP contribution in [-0.4, -0.2) is 27.3 Å². The van der Waals surface area contributed by atoms with E-state index < -0.39 is 28.3 Å². The van der Waals surface area contributed by atoms with Crippen molar-refractivity contribution in [1.29, 1.82) is 0 Å². The van der Waals surface area contributed by atoms with Crippen molar-refractivity contribution in [3.8, 4) is 5.75 Å². The van der Waals surface area contributed by atoms with Crippen LogP contribution in [0, 0.1) is 0 Å². The summed E-state index contributed by atoms with van der Waals surface area (Å²) in [6.45, 7) is 1.15. The minimum Gasteiger partial charge on any atom is -0.495 e. The van der Waals surface area contributed by atoms with E-state index in [2.05, 4.69) is 4.18 Å². The van der Waals surface area contributed by atoms with Gasteiger partial charge in [-0.15, -0.1) is 0 Å². The molecule has 0 fully saturated rings. The summed E-state index contributed by atoms with van der Waals surface area (Å²) in [4.78, 5) is 21.6. The number of ether oxygens (including phenoxy) is 1. The molecule has 0 aromatic heterocycles. The number of nitrogens with two attached hydrogens (primary N) is 1. The number of rotatable bonds is 5. The quantitative estimate of drug-likeness (QED) is 0.476. The monoisotopic (exact) mass is 287 g/mol. The number of carbonyl (C=O) groups is 2. The lowest BCUT2D eigenvalue weighted by atomic mass is 10.3. The normalized spacial score (nSPS) is 10.8. The van der Waals surface area contributed by atoms with E-state index in [1.165, 1.54) is 19.2 Å². The number of benzene rings is 1. The van der Waals surface area contributed by atoms with Crippen molar-refractivity contribution in [1.82, 2.24) is 0 Å². The van der Waals surface area contributed by atoms with Gasteiger partial charge in [0, 0.05) is 0 Å². The highest BCUT2D eigenvalue weighted by molar-refractivity contribution is 7.87. The highest BCUT2D eigenvalue weighted by Gasteiger charge is 2.22. The molecule has 2 N–H and O–H groups in total. The van der Waals surface area contributed by atoms with Crippen LogP contribution in [0.3, 0.4) is 0 Å². The van der Waals surface area contributed by atoms with Crippen molar-refractivity contribution in [3.05, 3.63) is 18.2 Å². The molecule has 0 atom stereocenters. The van der Waals surface area contributed by atoms with Crippen molar-refractivity contribution in [2.75, 3.05) is 12.8 Å². The third-order valence-corrected chi connectivity index (χ3v) is 3.32. The molecule has 0 heterocycles. The molecule has 1 aromatic carbocycles. The van der Waals surface area contributed by atoms with Crippen LogP contribution < -0.4 is 10.5 Å². The van der Waals surface area contributed by atoms with Gasteiger partial charge in [-0.25, -0.2) is 0 Å². The maximum atomic E-state index is 11.7. The van der Waals surface area contributed by atoms with Crippen LogP contribution >= 0.6 is 0 Å². The van der Waals surface area contributed by atoms with Crippen LogP contribution in [0.4, 0.5) is 5.69 Å². The number of carbonyl (C=O) groups excluding carboxylic acids is 2. The van der Waals surface area contributed by atoms with E-state index in [1.54, 1.807) is 0 Å². The van der Waals surface area contributed by atoms with Crippen LogP contribution in [0.1, 0.15) is 13.3 Å². The summed E-state index contributed by atoms with van der Waals surface area (Å²) in [5, 5.41) is 0. The van der Waals surface area contributed by atoms with Crippen molar-refractivity contribution < 1.29 is 26.9 Å². The fourth-order valence-electron chi connectivity index (χ4n) is 1.27. The zero-order valence-electron chi connectivity index (χ0n) is 10.4. The number of ketones is 1. The molecular weight excluding hydrogens is 274 g/mol. The van der Waals surface area contributed by atoms with Crippen molar-refractivity contribution in [2.45, 2.75) is 18.2 Å². The Morgan fingerprint density at radius 3 is 2.42 bits per heavy atom. The minimum atomic E-state index is -4.29. The number of hydrogen-bond acceptors (Lipinski definition) is 7. The molecule has 0 unspecified atom stereocenters. The van der Waals surface area contributed by atoms with E-state index in [1.807, 2.05) is 0 Å². The first-order chi connectivity index (χ1) is 8.76. The average molecular weight is 287 g/mol. The van der Waals surface area contributed by atoms with Crippen LogP contribution in [0.5, 0.6) is 5.75 Å². The molecule has 0 amide bonds. The van der Waals surface area contributed by atoms with Crippen LogP contribution in [0.2, 0.25) is 0 Å². The molecule has 7 nitrogen and oxygen atoms in total. The van der Waals surface area contributed by atoms with Gasteiger partial charge >= 0.3 is 16.1 Å². The predicted molar refractivity (Wildman–Crippen MR) is 66.0 cm³/mol. The molecular formula is C11H13NO6S. The van der Waals surface area contributed by atoms with Gasteiger partial charge < -0.3 is 14.7 Å². The van der Waals surface area contributed by atoms with E-state index in [0.29, 0.717) is 5.75 Å². The first-order valence-electron chi connectivity index (χ1n) is 5.16. The Kier molecular flexibility index (Phi) is 4.49. The summed E-state index contributed by atoms with van der Waals surface area (Å²) in [5.41, 5.74) is 5.65. The van der Waals surface area contributed by atoms with Gasteiger partial charge in [-0.2, -0.15) is 8.42 Å². The summed E-state index contributed by atoms with van der Waals surface area (Å²) in [7, 11) is -2.91. The van der Waals surface area contributed by atoms with E-state index in [0.717, 1.165) is 13.0 Å². The number of Topliss-reactive ketones (excluding diaryl/α,β-unsaturated/α-hetero) is 1. The van der Waals surface area contributed by atoms with Gasteiger partial charge in [-0.05, 0) is 25.1 Å². The Hall–Kier alpha value is -2.09. The molecule has 0 saturated carbocycles. The third kappa shape index (κ3) is 3.95. The Morgan fingerprint density at radius 1 is 1.32 bits per heavy atom. The molecule has 0 aliphatic heterocycles. The summed E-state index contributed by atoms with van der Waals surface area (Å²) < 4.78 is 32.6. The van der Waals surface area contributed by atoms with Crippen molar-refractivity contribution in [2.24, 2.45) is 0 Å². The van der Waals surface area contributed by atoms with Crippen molar-refractivity contribution >= 4 is 27.6 Å². The number of nitrogen functional groups attached to an aromatic ring is 1. The van der Waals surface area contributed by atoms with Crippen molar-refractivity contribution in [3.63, 3.8) is 0 Å². The molecule has 104 valence electrons. The summed E-state index contributed by atoms with van der Waals surface area (Å²) in [6.07, 6.45) is -0.606. The predicted octanol–water partition coefficient (Wildman–Crippen LogP) is 0.488. The zero-order valence-corrected chi connectivity index (χ0v) is 11.2. The summed E-state index contributed by atoms with van der Waals surface area (Å²) in [6, 6.07) is 3.63. The minimum absolute atomic E-state index is 0.0891. The van der Waals surface area contributed by atoms with E-state index in [-0.39, 0.29) is 10.6 Å². The largest absolute Gasteiger partial charge is 0.495 e. The number of anilines is 1. The molecule has 1 rings (SSSR count). The van der Waals surface area contributed by atoms with Gasteiger partial charge in [0.1, 0.15) is 22.8 Å². The van der Waals surface area contributed by atoms with E-state index in [9.17, 15) is 18.0 Å². The summed E-state index contributed by atoms with van der Waals surface area (Å²) >= 11 is 0. The standard InChI is InChI=1S/C11H13NO6S/c1-7(13)5-11(14)18-19(15,16)8-3-4-10(17-2)9(12)6-8/h3-4,6H,5,12H2,1-2H3. The smallest absolute Gasteiger partial charge is 0.341 e. The average Bonchev–Trinajstić information content (AvgIpc) is 2.26. The topological polar surface area (TPSA) is 113 Å². The number of methoxy groups -OCH3 is 1.